The van der Waals surface area contributed by atoms with E-state index in [1.54, 1.807) is 30.3 Å². The average Bonchev–Trinajstić information content (AvgIpc) is 3.44. The number of fused-ring (bicyclic) bond motifs is 1. The van der Waals surface area contributed by atoms with E-state index in [1.165, 1.54) is 39.2 Å². The number of hydrogen-bond donors (Lipinski definition) is 0. The SMILES string of the molecule is COc1cc(N2CC(C(=O)OC(C)c3nc4ccccc4n3C(F)F)CC2=O)cc(OC)c1OC. The number of esters is 1. The van der Waals surface area contributed by atoms with Gasteiger partial charge in [0.05, 0.1) is 44.0 Å². The number of amides is 1. The topological polar surface area (TPSA) is 92.1 Å². The Morgan fingerprint density at radius 2 is 1.74 bits per heavy atom. The fourth-order valence-electron chi connectivity index (χ4n) is 4.22. The molecule has 1 aliphatic rings. The van der Waals surface area contributed by atoms with Crippen molar-refractivity contribution in [3.63, 3.8) is 0 Å². The fraction of sp³-hybridized carbons (Fsp3) is 0.375. The van der Waals surface area contributed by atoms with Crippen LogP contribution in [0.1, 0.15) is 31.8 Å². The highest BCUT2D eigenvalue weighted by molar-refractivity contribution is 6.00. The first-order chi connectivity index (χ1) is 16.8. The van der Waals surface area contributed by atoms with Crippen molar-refractivity contribution in [2.24, 2.45) is 5.92 Å². The van der Waals surface area contributed by atoms with E-state index in [0.717, 1.165) is 4.57 Å². The van der Waals surface area contributed by atoms with Crippen molar-refractivity contribution in [3.05, 3.63) is 42.2 Å². The highest BCUT2D eigenvalue weighted by Crippen LogP contribution is 2.42. The van der Waals surface area contributed by atoms with Gasteiger partial charge in [-0.1, -0.05) is 12.1 Å². The van der Waals surface area contributed by atoms with E-state index in [-0.39, 0.29) is 30.2 Å². The minimum atomic E-state index is -2.86. The second-order valence-electron chi connectivity index (χ2n) is 7.97. The van der Waals surface area contributed by atoms with E-state index in [9.17, 15) is 18.4 Å². The minimum Gasteiger partial charge on any atom is -0.493 e. The Balaban J connectivity index is 1.53. The summed E-state index contributed by atoms with van der Waals surface area (Å²) >= 11 is 0. The lowest BCUT2D eigenvalue weighted by Gasteiger charge is -2.21. The molecule has 4 rings (SSSR count). The average molecular weight is 489 g/mol. The van der Waals surface area contributed by atoms with E-state index >= 15 is 0 Å². The summed E-state index contributed by atoms with van der Waals surface area (Å²) in [4.78, 5) is 31.3. The highest BCUT2D eigenvalue weighted by atomic mass is 19.3. The Hall–Kier alpha value is -3.89. The number of methoxy groups -OCH3 is 3. The Labute approximate surface area is 200 Å². The van der Waals surface area contributed by atoms with Crippen LogP contribution in [-0.4, -0.2) is 49.3 Å². The second kappa shape index (κ2) is 9.77. The van der Waals surface area contributed by atoms with Crippen LogP contribution in [0.5, 0.6) is 17.2 Å². The van der Waals surface area contributed by atoms with Gasteiger partial charge in [0.25, 0.3) is 0 Å². The van der Waals surface area contributed by atoms with Gasteiger partial charge in [-0.3, -0.25) is 14.2 Å². The van der Waals surface area contributed by atoms with Gasteiger partial charge in [-0.05, 0) is 19.1 Å². The normalized spacial score (nSPS) is 16.6. The zero-order valence-electron chi connectivity index (χ0n) is 19.7. The summed E-state index contributed by atoms with van der Waals surface area (Å²) < 4.78 is 49.7. The van der Waals surface area contributed by atoms with Gasteiger partial charge in [0.15, 0.2) is 23.4 Å². The van der Waals surface area contributed by atoms with Crippen LogP contribution in [-0.2, 0) is 14.3 Å². The first-order valence-electron chi connectivity index (χ1n) is 10.8. The van der Waals surface area contributed by atoms with Crippen molar-refractivity contribution < 1.29 is 37.3 Å². The maximum Gasteiger partial charge on any atom is 0.320 e. The van der Waals surface area contributed by atoms with Crippen molar-refractivity contribution in [1.29, 1.82) is 0 Å². The smallest absolute Gasteiger partial charge is 0.320 e. The van der Waals surface area contributed by atoms with E-state index in [4.69, 9.17) is 18.9 Å². The first kappa shape index (κ1) is 24.2. The molecule has 0 N–H and O–H groups in total. The molecule has 2 aromatic carbocycles. The van der Waals surface area contributed by atoms with Crippen LogP contribution < -0.4 is 19.1 Å². The number of carbonyl (C=O) groups is 2. The molecule has 0 radical (unpaired) electrons. The number of para-hydroxylation sites is 2. The Morgan fingerprint density at radius 3 is 2.34 bits per heavy atom. The molecule has 2 unspecified atom stereocenters. The minimum absolute atomic E-state index is 0.0499. The lowest BCUT2D eigenvalue weighted by atomic mass is 10.1. The summed E-state index contributed by atoms with van der Waals surface area (Å²) in [6, 6.07) is 9.68. The van der Waals surface area contributed by atoms with Crippen molar-refractivity contribution in [2.75, 3.05) is 32.8 Å². The lowest BCUT2D eigenvalue weighted by molar-refractivity contribution is -0.154. The van der Waals surface area contributed by atoms with Gasteiger partial charge in [-0.25, -0.2) is 4.98 Å². The molecule has 35 heavy (non-hydrogen) atoms. The standard InChI is InChI=1S/C24H25F2N3O6/c1-13(22-27-16-7-5-6-8-17(16)29(22)24(25)26)35-23(31)14-9-20(30)28(12-14)15-10-18(32-2)21(34-4)19(11-15)33-3/h5-8,10-11,13-14,24H,9,12H2,1-4H3. The van der Waals surface area contributed by atoms with Crippen molar-refractivity contribution in [3.8, 4) is 17.2 Å². The molecule has 1 saturated heterocycles. The largest absolute Gasteiger partial charge is 0.493 e. The zero-order chi connectivity index (χ0) is 25.3. The van der Waals surface area contributed by atoms with Crippen LogP contribution in [0.25, 0.3) is 11.0 Å². The third kappa shape index (κ3) is 4.45. The lowest BCUT2D eigenvalue weighted by Crippen LogP contribution is -2.27. The Kier molecular flexibility index (Phi) is 6.77. The molecule has 11 heteroatoms. The maximum absolute atomic E-state index is 13.8. The van der Waals surface area contributed by atoms with Crippen molar-refractivity contribution in [2.45, 2.75) is 26.0 Å². The molecule has 1 fully saturated rings. The third-order valence-corrected chi connectivity index (χ3v) is 5.89. The third-order valence-electron chi connectivity index (χ3n) is 5.89. The molecular formula is C24H25F2N3O6. The molecule has 0 spiro atoms. The molecule has 0 aliphatic carbocycles. The van der Waals surface area contributed by atoms with E-state index in [1.807, 2.05) is 0 Å². The van der Waals surface area contributed by atoms with Crippen LogP contribution in [0, 0.1) is 5.92 Å². The van der Waals surface area contributed by atoms with Gasteiger partial charge in [-0.15, -0.1) is 0 Å². The number of anilines is 1. The highest BCUT2D eigenvalue weighted by Gasteiger charge is 2.38. The number of rotatable bonds is 8. The van der Waals surface area contributed by atoms with Gasteiger partial charge < -0.3 is 23.8 Å². The summed E-state index contributed by atoms with van der Waals surface area (Å²) in [6.07, 6.45) is -1.14. The van der Waals surface area contributed by atoms with Crippen LogP contribution in [0.15, 0.2) is 36.4 Å². The predicted octanol–water partition coefficient (Wildman–Crippen LogP) is 4.11. The number of alkyl halides is 2. The molecule has 0 saturated carbocycles. The Bertz CT molecular complexity index is 1240. The molecule has 0 bridgehead atoms. The Morgan fingerprint density at radius 1 is 1.09 bits per heavy atom. The molecule has 9 nitrogen and oxygen atoms in total. The quantitative estimate of drug-likeness (QED) is 0.440. The fourth-order valence-corrected chi connectivity index (χ4v) is 4.22. The molecule has 2 heterocycles. The maximum atomic E-state index is 13.8. The van der Waals surface area contributed by atoms with Gasteiger partial charge in [0.1, 0.15) is 0 Å². The molecule has 1 aromatic heterocycles. The van der Waals surface area contributed by atoms with Crippen LogP contribution >= 0.6 is 0 Å². The van der Waals surface area contributed by atoms with E-state index in [2.05, 4.69) is 4.98 Å². The summed E-state index contributed by atoms with van der Waals surface area (Å²) in [5, 5.41) is 0. The van der Waals surface area contributed by atoms with Crippen molar-refractivity contribution >= 4 is 28.6 Å². The number of halogens is 2. The summed E-state index contributed by atoms with van der Waals surface area (Å²) in [5.41, 5.74) is 1.08. The van der Waals surface area contributed by atoms with Crippen LogP contribution in [0.4, 0.5) is 14.5 Å². The number of ether oxygens (including phenoxy) is 4. The van der Waals surface area contributed by atoms with E-state index in [0.29, 0.717) is 28.5 Å². The number of nitrogens with zero attached hydrogens (tertiary/aromatic N) is 3. The zero-order valence-corrected chi connectivity index (χ0v) is 19.7. The molecule has 1 aliphatic heterocycles. The first-order valence-corrected chi connectivity index (χ1v) is 10.8. The van der Waals surface area contributed by atoms with Gasteiger partial charge in [0.2, 0.25) is 11.7 Å². The number of imidazole rings is 1. The number of carbonyl (C=O) groups excluding carboxylic acids is 2. The number of aromatic nitrogens is 2. The van der Waals surface area contributed by atoms with E-state index < -0.39 is 24.5 Å². The molecule has 186 valence electrons. The van der Waals surface area contributed by atoms with Gasteiger partial charge >= 0.3 is 12.5 Å². The second-order valence-corrected chi connectivity index (χ2v) is 7.97. The molecular weight excluding hydrogens is 464 g/mol. The molecule has 2 atom stereocenters. The van der Waals surface area contributed by atoms with Gasteiger partial charge in [-0.2, -0.15) is 8.78 Å². The summed E-state index contributed by atoms with van der Waals surface area (Å²) in [6.45, 7) is -1.33. The predicted molar refractivity (Wildman–Crippen MR) is 122 cm³/mol. The summed E-state index contributed by atoms with van der Waals surface area (Å²) in [5.74, 6) is -0.728. The molecule has 1 amide bonds. The monoisotopic (exact) mass is 489 g/mol. The van der Waals surface area contributed by atoms with Crippen LogP contribution in [0.2, 0.25) is 0 Å². The van der Waals surface area contributed by atoms with Crippen LogP contribution in [0.3, 0.4) is 0 Å². The number of benzene rings is 2. The van der Waals surface area contributed by atoms with Crippen molar-refractivity contribution in [1.82, 2.24) is 9.55 Å². The summed E-state index contributed by atoms with van der Waals surface area (Å²) in [7, 11) is 4.39. The van der Waals surface area contributed by atoms with Gasteiger partial charge in [0, 0.05) is 25.1 Å². The number of hydrogen-bond acceptors (Lipinski definition) is 7. The molecule has 3 aromatic rings.